The van der Waals surface area contributed by atoms with E-state index in [1.165, 1.54) is 23.1 Å². The molecule has 4 heterocycles. The Morgan fingerprint density at radius 1 is 1.11 bits per heavy atom. The molecule has 0 N–H and O–H groups in total. The van der Waals surface area contributed by atoms with Gasteiger partial charge in [0.1, 0.15) is 17.8 Å². The second-order valence-corrected chi connectivity index (χ2v) is 6.46. The number of fused-ring (bicyclic) bond motifs is 1. The number of pyridine rings is 2. The lowest BCUT2D eigenvalue weighted by molar-refractivity contribution is -0.166. The van der Waals surface area contributed by atoms with Crippen molar-refractivity contribution >= 4 is 16.9 Å². The molecule has 1 amide bonds. The Bertz CT molecular complexity index is 1050. The maximum Gasteiger partial charge on any atom is 0.433 e. The normalized spacial score (nSPS) is 16.2. The van der Waals surface area contributed by atoms with E-state index in [0.717, 1.165) is 17.2 Å². The van der Waals surface area contributed by atoms with Gasteiger partial charge in [-0.25, -0.2) is 8.78 Å². The van der Waals surface area contributed by atoms with Crippen LogP contribution in [-0.2, 0) is 17.5 Å². The molecular weight excluding hydrogens is 385 g/mol. The summed E-state index contributed by atoms with van der Waals surface area (Å²) in [5.74, 6) is -3.39. The molecule has 1 fully saturated rings. The fourth-order valence-electron chi connectivity index (χ4n) is 2.92. The van der Waals surface area contributed by atoms with Crippen LogP contribution in [0.5, 0.6) is 0 Å². The van der Waals surface area contributed by atoms with Crippen LogP contribution < -0.4 is 0 Å². The highest BCUT2D eigenvalue weighted by molar-refractivity contribution is 5.83. The third kappa shape index (κ3) is 3.39. The molecule has 0 radical (unpaired) electrons. The van der Waals surface area contributed by atoms with E-state index in [-0.39, 0.29) is 12.1 Å². The second kappa shape index (κ2) is 6.21. The standard InChI is InChI=1S/C17H12F5N5O/c18-16(19)8-26(9-16)15(28)7-27-13-3-11(5-24-12(13)6-25-27)10-1-2-23-14(4-10)17(20,21)22/h1-6H,7-9H2. The average molecular weight is 397 g/mol. The molecule has 0 bridgehead atoms. The highest BCUT2D eigenvalue weighted by atomic mass is 19.4. The van der Waals surface area contributed by atoms with Crippen LogP contribution in [0.15, 0.2) is 36.8 Å². The maximum atomic E-state index is 12.9. The summed E-state index contributed by atoms with van der Waals surface area (Å²) >= 11 is 0. The van der Waals surface area contributed by atoms with Gasteiger partial charge in [-0.15, -0.1) is 0 Å². The molecule has 1 saturated heterocycles. The Hall–Kier alpha value is -3.11. The topological polar surface area (TPSA) is 63.9 Å². The molecule has 11 heteroatoms. The van der Waals surface area contributed by atoms with Crippen LogP contribution in [0, 0.1) is 0 Å². The molecule has 0 unspecified atom stereocenters. The quantitative estimate of drug-likeness (QED) is 0.638. The molecule has 0 atom stereocenters. The lowest BCUT2D eigenvalue weighted by atomic mass is 10.1. The fraction of sp³-hybridized carbons (Fsp3) is 0.294. The van der Waals surface area contributed by atoms with E-state index in [2.05, 4.69) is 15.1 Å². The highest BCUT2D eigenvalue weighted by Crippen LogP contribution is 2.31. The first-order chi connectivity index (χ1) is 13.1. The van der Waals surface area contributed by atoms with Crippen molar-refractivity contribution in [3.05, 3.63) is 42.5 Å². The van der Waals surface area contributed by atoms with Gasteiger partial charge in [-0.2, -0.15) is 18.3 Å². The summed E-state index contributed by atoms with van der Waals surface area (Å²) in [4.78, 5) is 20.6. The van der Waals surface area contributed by atoms with Crippen molar-refractivity contribution in [2.75, 3.05) is 13.1 Å². The van der Waals surface area contributed by atoms with Gasteiger partial charge in [-0.3, -0.25) is 19.4 Å². The number of alkyl halides is 5. The van der Waals surface area contributed by atoms with Gasteiger partial charge in [0.25, 0.3) is 5.92 Å². The number of rotatable bonds is 3. The number of aromatic nitrogens is 4. The molecule has 3 aromatic rings. The molecule has 4 rings (SSSR count). The minimum Gasteiger partial charge on any atom is -0.329 e. The van der Waals surface area contributed by atoms with Crippen LogP contribution in [0.1, 0.15) is 5.69 Å². The van der Waals surface area contributed by atoms with E-state index >= 15 is 0 Å². The predicted octanol–water partition coefficient (Wildman–Crippen LogP) is 2.99. The van der Waals surface area contributed by atoms with E-state index in [1.807, 2.05) is 0 Å². The summed E-state index contributed by atoms with van der Waals surface area (Å²) in [5.41, 5.74) is 0.426. The summed E-state index contributed by atoms with van der Waals surface area (Å²) in [6.07, 6.45) is -0.749. The van der Waals surface area contributed by atoms with E-state index < -0.39 is 36.8 Å². The van der Waals surface area contributed by atoms with Crippen molar-refractivity contribution in [3.8, 4) is 11.1 Å². The SMILES string of the molecule is O=C(Cn1ncc2ncc(-c3ccnc(C(F)(F)F)c3)cc21)N1CC(F)(F)C1. The highest BCUT2D eigenvalue weighted by Gasteiger charge is 2.46. The molecule has 0 aromatic carbocycles. The Balaban J connectivity index is 1.63. The smallest absolute Gasteiger partial charge is 0.329 e. The van der Waals surface area contributed by atoms with Gasteiger partial charge < -0.3 is 4.90 Å². The number of likely N-dealkylation sites (tertiary alicyclic amines) is 1. The number of carbonyl (C=O) groups excluding carboxylic acids is 1. The van der Waals surface area contributed by atoms with Gasteiger partial charge in [-0.05, 0) is 23.8 Å². The maximum absolute atomic E-state index is 12.9. The van der Waals surface area contributed by atoms with E-state index in [0.29, 0.717) is 16.6 Å². The first-order valence-corrected chi connectivity index (χ1v) is 8.13. The average Bonchev–Trinajstić information content (AvgIpc) is 3.01. The lowest BCUT2D eigenvalue weighted by Crippen LogP contribution is -2.59. The van der Waals surface area contributed by atoms with Crippen molar-refractivity contribution in [1.29, 1.82) is 0 Å². The number of hydrogen-bond acceptors (Lipinski definition) is 4. The Labute approximate surface area is 154 Å². The van der Waals surface area contributed by atoms with Crippen molar-refractivity contribution in [1.82, 2.24) is 24.6 Å². The lowest BCUT2D eigenvalue weighted by Gasteiger charge is -2.38. The second-order valence-electron chi connectivity index (χ2n) is 6.46. The molecule has 6 nitrogen and oxygen atoms in total. The van der Waals surface area contributed by atoms with Gasteiger partial charge in [0.2, 0.25) is 5.91 Å². The molecule has 0 spiro atoms. The molecule has 0 aliphatic carbocycles. The molecule has 0 saturated carbocycles. The minimum absolute atomic E-state index is 0.248. The molecule has 28 heavy (non-hydrogen) atoms. The molecule has 1 aliphatic heterocycles. The van der Waals surface area contributed by atoms with Crippen LogP contribution >= 0.6 is 0 Å². The monoisotopic (exact) mass is 397 g/mol. The molecule has 146 valence electrons. The number of halogens is 5. The predicted molar refractivity (Wildman–Crippen MR) is 87.3 cm³/mol. The van der Waals surface area contributed by atoms with Crippen molar-refractivity contribution in [3.63, 3.8) is 0 Å². The fourth-order valence-corrected chi connectivity index (χ4v) is 2.92. The number of nitrogens with zero attached hydrogens (tertiary/aromatic N) is 5. The van der Waals surface area contributed by atoms with Gasteiger partial charge in [0, 0.05) is 18.0 Å². The van der Waals surface area contributed by atoms with Crippen LogP contribution in [0.3, 0.4) is 0 Å². The number of carbonyl (C=O) groups is 1. The number of hydrogen-bond donors (Lipinski definition) is 0. The van der Waals surface area contributed by atoms with Gasteiger partial charge >= 0.3 is 6.18 Å². The Morgan fingerprint density at radius 3 is 2.54 bits per heavy atom. The Morgan fingerprint density at radius 2 is 1.86 bits per heavy atom. The van der Waals surface area contributed by atoms with Crippen LogP contribution in [0.2, 0.25) is 0 Å². The zero-order valence-corrected chi connectivity index (χ0v) is 14.1. The van der Waals surface area contributed by atoms with Crippen LogP contribution in [0.25, 0.3) is 22.2 Å². The first-order valence-electron chi connectivity index (χ1n) is 8.13. The zero-order valence-electron chi connectivity index (χ0n) is 14.1. The van der Waals surface area contributed by atoms with E-state index in [9.17, 15) is 26.7 Å². The molecule has 1 aliphatic rings. The van der Waals surface area contributed by atoms with Crippen molar-refractivity contribution in [2.24, 2.45) is 0 Å². The van der Waals surface area contributed by atoms with Gasteiger partial charge in [-0.1, -0.05) is 0 Å². The molecule has 3 aromatic heterocycles. The minimum atomic E-state index is -4.58. The van der Waals surface area contributed by atoms with Crippen molar-refractivity contribution < 1.29 is 26.7 Å². The number of amides is 1. The van der Waals surface area contributed by atoms with E-state index in [4.69, 9.17) is 0 Å². The van der Waals surface area contributed by atoms with Gasteiger partial charge in [0.15, 0.2) is 0 Å². The van der Waals surface area contributed by atoms with Gasteiger partial charge in [0.05, 0.1) is 24.8 Å². The van der Waals surface area contributed by atoms with Crippen LogP contribution in [0.4, 0.5) is 22.0 Å². The third-order valence-electron chi connectivity index (χ3n) is 4.36. The molecular formula is C17H12F5N5O. The summed E-state index contributed by atoms with van der Waals surface area (Å²) in [7, 11) is 0. The largest absolute Gasteiger partial charge is 0.433 e. The zero-order chi connectivity index (χ0) is 20.1. The third-order valence-corrected chi connectivity index (χ3v) is 4.36. The summed E-state index contributed by atoms with van der Waals surface area (Å²) in [6, 6.07) is 3.85. The van der Waals surface area contributed by atoms with E-state index in [1.54, 1.807) is 6.07 Å². The summed E-state index contributed by atoms with van der Waals surface area (Å²) in [5, 5.41) is 4.03. The van der Waals surface area contributed by atoms with Crippen molar-refractivity contribution in [2.45, 2.75) is 18.6 Å². The summed E-state index contributed by atoms with van der Waals surface area (Å²) in [6.45, 7) is -1.54. The first kappa shape index (κ1) is 18.3. The van der Waals surface area contributed by atoms with Crippen LogP contribution in [-0.4, -0.2) is 49.6 Å². The Kier molecular flexibility index (Phi) is 4.05. The summed E-state index contributed by atoms with van der Waals surface area (Å²) < 4.78 is 65.8.